The van der Waals surface area contributed by atoms with Crippen LogP contribution in [0, 0.1) is 13.8 Å². The highest BCUT2D eigenvalue weighted by Crippen LogP contribution is 2.35. The zero-order valence-electron chi connectivity index (χ0n) is 13.9. The van der Waals surface area contributed by atoms with Crippen molar-refractivity contribution in [2.45, 2.75) is 44.0 Å². The molecule has 0 spiro atoms. The Bertz CT molecular complexity index is 723. The van der Waals surface area contributed by atoms with Crippen LogP contribution in [-0.2, 0) is 18.3 Å². The van der Waals surface area contributed by atoms with E-state index in [2.05, 4.69) is 35.5 Å². The van der Waals surface area contributed by atoms with Gasteiger partial charge in [-0.1, -0.05) is 18.2 Å². The summed E-state index contributed by atoms with van der Waals surface area (Å²) < 4.78 is 1.89. The van der Waals surface area contributed by atoms with Gasteiger partial charge in [0.25, 0.3) is 0 Å². The van der Waals surface area contributed by atoms with Gasteiger partial charge in [-0.3, -0.25) is 9.48 Å². The van der Waals surface area contributed by atoms with Gasteiger partial charge < -0.3 is 5.32 Å². The number of aryl methyl sites for hydroxylation is 2. The molecular weight excluding hydrogens is 306 g/mol. The van der Waals surface area contributed by atoms with Crippen molar-refractivity contribution >= 4 is 17.7 Å². The molecule has 122 valence electrons. The van der Waals surface area contributed by atoms with E-state index in [0.29, 0.717) is 6.42 Å². The van der Waals surface area contributed by atoms with E-state index >= 15 is 0 Å². The van der Waals surface area contributed by atoms with Crippen molar-refractivity contribution in [1.29, 1.82) is 0 Å². The van der Waals surface area contributed by atoms with Crippen LogP contribution in [0.3, 0.4) is 0 Å². The molecule has 2 heterocycles. The van der Waals surface area contributed by atoms with Gasteiger partial charge in [0.15, 0.2) is 0 Å². The van der Waals surface area contributed by atoms with Gasteiger partial charge in [-0.05, 0) is 43.9 Å². The normalized spacial score (nSPS) is 16.9. The highest BCUT2D eigenvalue weighted by molar-refractivity contribution is 7.99. The summed E-state index contributed by atoms with van der Waals surface area (Å²) in [5, 5.41) is 7.63. The van der Waals surface area contributed by atoms with Gasteiger partial charge in [0.05, 0.1) is 11.7 Å². The first-order valence-corrected chi connectivity index (χ1v) is 9.05. The van der Waals surface area contributed by atoms with E-state index in [9.17, 15) is 4.79 Å². The molecule has 0 fully saturated rings. The molecule has 2 aromatic rings. The average molecular weight is 329 g/mol. The third-order valence-electron chi connectivity index (χ3n) is 4.55. The second kappa shape index (κ2) is 6.79. The number of nitrogens with zero attached hydrogens (tertiary/aromatic N) is 2. The zero-order chi connectivity index (χ0) is 16.4. The summed E-state index contributed by atoms with van der Waals surface area (Å²) in [6.45, 7) is 4.07. The fraction of sp³-hybridized carbons (Fsp3) is 0.444. The first kappa shape index (κ1) is 16.1. The minimum Gasteiger partial charge on any atom is -0.349 e. The van der Waals surface area contributed by atoms with Crippen molar-refractivity contribution in [2.75, 3.05) is 5.75 Å². The summed E-state index contributed by atoms with van der Waals surface area (Å²) in [6.07, 6.45) is 2.26. The average Bonchev–Trinajstić information content (AvgIpc) is 2.78. The predicted molar refractivity (Wildman–Crippen MR) is 93.7 cm³/mol. The van der Waals surface area contributed by atoms with Gasteiger partial charge >= 0.3 is 0 Å². The van der Waals surface area contributed by atoms with Gasteiger partial charge in [-0.15, -0.1) is 11.8 Å². The lowest BCUT2D eigenvalue weighted by Gasteiger charge is -2.25. The Hall–Kier alpha value is -1.75. The van der Waals surface area contributed by atoms with Crippen molar-refractivity contribution in [2.24, 2.45) is 7.05 Å². The summed E-state index contributed by atoms with van der Waals surface area (Å²) in [4.78, 5) is 13.7. The number of carbonyl (C=O) groups excluding carboxylic acids is 1. The van der Waals surface area contributed by atoms with E-state index in [0.717, 1.165) is 30.0 Å². The first-order valence-electron chi connectivity index (χ1n) is 8.06. The van der Waals surface area contributed by atoms with E-state index in [1.165, 1.54) is 16.0 Å². The van der Waals surface area contributed by atoms with Gasteiger partial charge in [-0.25, -0.2) is 0 Å². The van der Waals surface area contributed by atoms with Crippen molar-refractivity contribution in [3.8, 4) is 0 Å². The van der Waals surface area contributed by atoms with Crippen LogP contribution in [0.1, 0.15) is 41.4 Å². The molecule has 0 bridgehead atoms. The van der Waals surface area contributed by atoms with Gasteiger partial charge in [-0.2, -0.15) is 5.10 Å². The molecule has 1 N–H and O–H groups in total. The number of nitrogens with one attached hydrogen (secondary N) is 1. The lowest BCUT2D eigenvalue weighted by atomic mass is 10.0. The molecule has 1 aliphatic rings. The maximum atomic E-state index is 12.4. The fourth-order valence-corrected chi connectivity index (χ4v) is 4.30. The lowest BCUT2D eigenvalue weighted by molar-refractivity contribution is -0.121. The Labute approximate surface area is 141 Å². The number of fused-ring (bicyclic) bond motifs is 1. The number of benzene rings is 1. The maximum Gasteiger partial charge on any atom is 0.220 e. The molecule has 0 aliphatic carbocycles. The monoisotopic (exact) mass is 329 g/mol. The molecule has 0 radical (unpaired) electrons. The Morgan fingerprint density at radius 2 is 2.17 bits per heavy atom. The summed E-state index contributed by atoms with van der Waals surface area (Å²) in [5.74, 6) is 1.18. The van der Waals surface area contributed by atoms with Crippen LogP contribution >= 0.6 is 11.8 Å². The molecule has 1 aromatic heterocycles. The van der Waals surface area contributed by atoms with E-state index in [1.807, 2.05) is 36.5 Å². The van der Waals surface area contributed by atoms with Gasteiger partial charge in [0, 0.05) is 29.8 Å². The molecule has 23 heavy (non-hydrogen) atoms. The van der Waals surface area contributed by atoms with Crippen LogP contribution in [0.5, 0.6) is 0 Å². The molecular formula is C18H23N3OS. The van der Waals surface area contributed by atoms with Crippen LogP contribution in [0.4, 0.5) is 0 Å². The lowest BCUT2D eigenvalue weighted by Crippen LogP contribution is -2.30. The van der Waals surface area contributed by atoms with Crippen molar-refractivity contribution < 1.29 is 4.79 Å². The largest absolute Gasteiger partial charge is 0.349 e. The predicted octanol–water partition coefficient (Wildman–Crippen LogP) is 3.32. The summed E-state index contributed by atoms with van der Waals surface area (Å²) >= 11 is 1.87. The van der Waals surface area contributed by atoms with Crippen LogP contribution in [0.15, 0.2) is 29.2 Å². The Morgan fingerprint density at radius 3 is 2.91 bits per heavy atom. The van der Waals surface area contributed by atoms with E-state index in [-0.39, 0.29) is 11.9 Å². The quantitative estimate of drug-likeness (QED) is 0.936. The number of amides is 1. The Balaban J connectivity index is 1.62. The number of hydrogen-bond acceptors (Lipinski definition) is 3. The molecule has 1 aromatic carbocycles. The van der Waals surface area contributed by atoms with Crippen molar-refractivity contribution in [3.05, 3.63) is 46.8 Å². The summed E-state index contributed by atoms with van der Waals surface area (Å²) in [6, 6.07) is 8.52. The molecule has 0 unspecified atom stereocenters. The molecule has 1 aliphatic heterocycles. The minimum absolute atomic E-state index is 0.124. The summed E-state index contributed by atoms with van der Waals surface area (Å²) in [7, 11) is 1.95. The second-order valence-corrected chi connectivity index (χ2v) is 7.20. The molecule has 4 nitrogen and oxygen atoms in total. The highest BCUT2D eigenvalue weighted by Gasteiger charge is 2.22. The van der Waals surface area contributed by atoms with Crippen LogP contribution in [-0.4, -0.2) is 21.4 Å². The Morgan fingerprint density at radius 1 is 1.39 bits per heavy atom. The Kier molecular flexibility index (Phi) is 4.76. The van der Waals surface area contributed by atoms with Crippen molar-refractivity contribution in [1.82, 2.24) is 15.1 Å². The minimum atomic E-state index is 0.124. The van der Waals surface area contributed by atoms with Gasteiger partial charge in [0.1, 0.15) is 0 Å². The summed E-state index contributed by atoms with van der Waals surface area (Å²) in [5.41, 5.74) is 4.63. The van der Waals surface area contributed by atoms with E-state index in [1.54, 1.807) is 0 Å². The molecule has 0 saturated heterocycles. The number of rotatable bonds is 4. The highest BCUT2D eigenvalue weighted by atomic mass is 32.2. The van der Waals surface area contributed by atoms with Crippen LogP contribution in [0.25, 0.3) is 0 Å². The molecule has 1 atom stereocenters. The SMILES string of the molecule is Cc1nn(C)c(C)c1CCC(=O)N[C@@H]1CCSc2ccccc21. The molecule has 3 rings (SSSR count). The third-order valence-corrected chi connectivity index (χ3v) is 5.68. The van der Waals surface area contributed by atoms with E-state index < -0.39 is 0 Å². The molecule has 0 saturated carbocycles. The molecule has 5 heteroatoms. The number of thioether (sulfide) groups is 1. The first-order chi connectivity index (χ1) is 11.1. The van der Waals surface area contributed by atoms with E-state index in [4.69, 9.17) is 0 Å². The van der Waals surface area contributed by atoms with Crippen LogP contribution < -0.4 is 5.32 Å². The zero-order valence-corrected chi connectivity index (χ0v) is 14.7. The smallest absolute Gasteiger partial charge is 0.220 e. The number of hydrogen-bond donors (Lipinski definition) is 1. The third kappa shape index (κ3) is 3.44. The number of carbonyl (C=O) groups is 1. The second-order valence-electron chi connectivity index (χ2n) is 6.07. The molecule has 1 amide bonds. The standard InChI is InChI=1S/C18H23N3OS/c1-12-14(13(2)21(3)20-12)8-9-18(22)19-16-10-11-23-17-7-5-4-6-15(16)17/h4-7,16H,8-11H2,1-3H3,(H,19,22)/t16-/m1/s1. The maximum absolute atomic E-state index is 12.4. The van der Waals surface area contributed by atoms with Crippen molar-refractivity contribution in [3.63, 3.8) is 0 Å². The number of aromatic nitrogens is 2. The fourth-order valence-electron chi connectivity index (χ4n) is 3.18. The van der Waals surface area contributed by atoms with Crippen LogP contribution in [0.2, 0.25) is 0 Å². The topological polar surface area (TPSA) is 46.9 Å². The van der Waals surface area contributed by atoms with Gasteiger partial charge in [0.2, 0.25) is 5.91 Å².